The standard InChI is InChI=1S/C15H19Cl2N3O/c16-9-7-12-11(13(17)8-9)1-2-14(12)19-10-3-5-20(6-4-10)15(18)21/h7-8,10,14,19H,1-6H2,(H2,18,21)/t14-/m1/s1. The van der Waals surface area contributed by atoms with Crippen LogP contribution in [0.5, 0.6) is 0 Å². The summed E-state index contributed by atoms with van der Waals surface area (Å²) in [6.07, 6.45) is 3.90. The number of fused-ring (bicyclic) bond motifs is 1. The zero-order chi connectivity index (χ0) is 15.0. The van der Waals surface area contributed by atoms with Gasteiger partial charge in [0.1, 0.15) is 0 Å². The molecule has 0 unspecified atom stereocenters. The molecule has 1 fully saturated rings. The molecule has 1 aromatic rings. The molecule has 1 heterocycles. The average Bonchev–Trinajstić information content (AvgIpc) is 2.83. The second-order valence-electron chi connectivity index (χ2n) is 5.81. The Morgan fingerprint density at radius 3 is 2.62 bits per heavy atom. The minimum atomic E-state index is -0.321. The molecule has 1 aliphatic carbocycles. The number of rotatable bonds is 2. The predicted molar refractivity (Wildman–Crippen MR) is 84.8 cm³/mol. The number of piperidine rings is 1. The topological polar surface area (TPSA) is 58.4 Å². The van der Waals surface area contributed by atoms with Gasteiger partial charge in [0.05, 0.1) is 0 Å². The summed E-state index contributed by atoms with van der Waals surface area (Å²) in [5, 5.41) is 5.15. The highest BCUT2D eigenvalue weighted by atomic mass is 35.5. The normalized spacial score (nSPS) is 22.4. The minimum Gasteiger partial charge on any atom is -0.351 e. The van der Waals surface area contributed by atoms with E-state index in [0.717, 1.165) is 43.8 Å². The Morgan fingerprint density at radius 2 is 1.95 bits per heavy atom. The van der Waals surface area contributed by atoms with Crippen molar-refractivity contribution < 1.29 is 4.79 Å². The third-order valence-electron chi connectivity index (χ3n) is 4.50. The fourth-order valence-electron chi connectivity index (χ4n) is 3.37. The van der Waals surface area contributed by atoms with E-state index < -0.39 is 0 Å². The van der Waals surface area contributed by atoms with E-state index in [1.807, 2.05) is 12.1 Å². The Morgan fingerprint density at radius 1 is 1.24 bits per heavy atom. The number of nitrogens with zero attached hydrogens (tertiary/aromatic N) is 1. The minimum absolute atomic E-state index is 0.307. The molecule has 114 valence electrons. The third kappa shape index (κ3) is 3.12. The Bertz CT molecular complexity index is 556. The van der Waals surface area contributed by atoms with Crippen LogP contribution < -0.4 is 11.1 Å². The van der Waals surface area contributed by atoms with Crippen LogP contribution in [0.4, 0.5) is 4.79 Å². The fourth-order valence-corrected chi connectivity index (χ4v) is 3.97. The molecule has 0 spiro atoms. The summed E-state index contributed by atoms with van der Waals surface area (Å²) in [5.74, 6) is 0. The second kappa shape index (κ2) is 6.03. The van der Waals surface area contributed by atoms with Gasteiger partial charge in [-0.3, -0.25) is 0 Å². The maximum absolute atomic E-state index is 11.1. The Kier molecular flexibility index (Phi) is 4.29. The summed E-state index contributed by atoms with van der Waals surface area (Å²) in [6, 6.07) is 4.23. The highest BCUT2D eigenvalue weighted by Crippen LogP contribution is 2.38. The van der Waals surface area contributed by atoms with Gasteiger partial charge >= 0.3 is 6.03 Å². The molecule has 21 heavy (non-hydrogen) atoms. The highest BCUT2D eigenvalue weighted by molar-refractivity contribution is 6.35. The number of nitrogens with two attached hydrogens (primary N) is 1. The van der Waals surface area contributed by atoms with Crippen molar-refractivity contribution in [3.63, 3.8) is 0 Å². The number of urea groups is 1. The molecule has 0 aromatic heterocycles. The van der Waals surface area contributed by atoms with E-state index in [-0.39, 0.29) is 6.03 Å². The molecule has 1 saturated heterocycles. The first-order valence-corrected chi connectivity index (χ1v) is 8.08. The second-order valence-corrected chi connectivity index (χ2v) is 6.66. The Labute approximate surface area is 134 Å². The third-order valence-corrected chi connectivity index (χ3v) is 5.05. The first-order valence-electron chi connectivity index (χ1n) is 7.33. The lowest BCUT2D eigenvalue weighted by Gasteiger charge is -2.33. The average molecular weight is 328 g/mol. The number of hydrogen-bond acceptors (Lipinski definition) is 2. The SMILES string of the molecule is NC(=O)N1CCC(N[C@@H]2CCc3c(Cl)cc(Cl)cc32)CC1. The van der Waals surface area contributed by atoms with Gasteiger partial charge in [0.25, 0.3) is 0 Å². The predicted octanol–water partition coefficient (Wildman–Crippen LogP) is 3.11. The number of carbonyl (C=O) groups excluding carboxylic acids is 1. The van der Waals surface area contributed by atoms with Crippen molar-refractivity contribution in [3.8, 4) is 0 Å². The molecule has 6 heteroatoms. The van der Waals surface area contributed by atoms with Crippen molar-refractivity contribution in [2.24, 2.45) is 5.73 Å². The molecule has 2 amide bonds. The van der Waals surface area contributed by atoms with Gasteiger partial charge in [0.15, 0.2) is 0 Å². The summed E-state index contributed by atoms with van der Waals surface area (Å²) >= 11 is 12.4. The first kappa shape index (κ1) is 14.9. The van der Waals surface area contributed by atoms with Crippen molar-refractivity contribution in [2.75, 3.05) is 13.1 Å². The van der Waals surface area contributed by atoms with Gasteiger partial charge < -0.3 is 16.0 Å². The molecule has 1 aromatic carbocycles. The van der Waals surface area contributed by atoms with E-state index in [1.165, 1.54) is 11.1 Å². The van der Waals surface area contributed by atoms with Gasteiger partial charge in [-0.15, -0.1) is 0 Å². The number of nitrogens with one attached hydrogen (secondary N) is 1. The van der Waals surface area contributed by atoms with Crippen LogP contribution in [0.3, 0.4) is 0 Å². The molecule has 3 N–H and O–H groups in total. The van der Waals surface area contributed by atoms with E-state index in [1.54, 1.807) is 4.90 Å². The van der Waals surface area contributed by atoms with Gasteiger partial charge in [-0.25, -0.2) is 4.79 Å². The smallest absolute Gasteiger partial charge is 0.314 e. The molecule has 1 aliphatic heterocycles. The van der Waals surface area contributed by atoms with Crippen LogP contribution in [0.2, 0.25) is 10.0 Å². The van der Waals surface area contributed by atoms with Crippen molar-refractivity contribution in [2.45, 2.75) is 37.8 Å². The van der Waals surface area contributed by atoms with Gasteiger partial charge in [-0.2, -0.15) is 0 Å². The molecule has 0 bridgehead atoms. The summed E-state index contributed by atoms with van der Waals surface area (Å²) in [7, 11) is 0. The number of amides is 2. The molecule has 0 saturated carbocycles. The fraction of sp³-hybridized carbons (Fsp3) is 0.533. The molecule has 2 aliphatic rings. The zero-order valence-corrected chi connectivity index (χ0v) is 13.3. The Balaban J connectivity index is 1.65. The number of carbonyl (C=O) groups is 1. The van der Waals surface area contributed by atoms with Crippen LogP contribution in [-0.4, -0.2) is 30.1 Å². The van der Waals surface area contributed by atoms with E-state index in [2.05, 4.69) is 5.32 Å². The van der Waals surface area contributed by atoms with Crippen molar-refractivity contribution in [3.05, 3.63) is 33.3 Å². The molecular weight excluding hydrogens is 309 g/mol. The van der Waals surface area contributed by atoms with E-state index >= 15 is 0 Å². The molecule has 3 rings (SSSR count). The van der Waals surface area contributed by atoms with Gasteiger partial charge in [0.2, 0.25) is 0 Å². The Hall–Kier alpha value is -0.970. The van der Waals surface area contributed by atoms with Gasteiger partial charge in [-0.05, 0) is 48.9 Å². The van der Waals surface area contributed by atoms with Crippen molar-refractivity contribution in [1.82, 2.24) is 10.2 Å². The molecule has 0 radical (unpaired) electrons. The number of halogens is 2. The molecule has 1 atom stereocenters. The zero-order valence-electron chi connectivity index (χ0n) is 11.7. The summed E-state index contributed by atoms with van der Waals surface area (Å²) in [6.45, 7) is 1.45. The van der Waals surface area contributed by atoms with Gasteiger partial charge in [0, 0.05) is 35.2 Å². The monoisotopic (exact) mass is 327 g/mol. The molecule has 4 nitrogen and oxygen atoms in total. The van der Waals surface area contributed by atoms with Crippen LogP contribution in [0.25, 0.3) is 0 Å². The quantitative estimate of drug-likeness (QED) is 0.876. The number of benzene rings is 1. The van der Waals surface area contributed by atoms with E-state index in [9.17, 15) is 4.79 Å². The maximum Gasteiger partial charge on any atom is 0.314 e. The van der Waals surface area contributed by atoms with Gasteiger partial charge in [-0.1, -0.05) is 23.2 Å². The van der Waals surface area contributed by atoms with Crippen LogP contribution >= 0.6 is 23.2 Å². The van der Waals surface area contributed by atoms with Crippen LogP contribution in [0, 0.1) is 0 Å². The molecular formula is C15H19Cl2N3O. The number of hydrogen-bond donors (Lipinski definition) is 2. The summed E-state index contributed by atoms with van der Waals surface area (Å²) < 4.78 is 0. The van der Waals surface area contributed by atoms with Crippen LogP contribution in [0.1, 0.15) is 36.4 Å². The van der Waals surface area contributed by atoms with Crippen molar-refractivity contribution >= 4 is 29.2 Å². The first-order chi connectivity index (χ1) is 10.0. The largest absolute Gasteiger partial charge is 0.351 e. The number of primary amides is 1. The lowest BCUT2D eigenvalue weighted by atomic mass is 10.0. The number of likely N-dealkylation sites (tertiary alicyclic amines) is 1. The lowest BCUT2D eigenvalue weighted by molar-refractivity contribution is 0.182. The highest BCUT2D eigenvalue weighted by Gasteiger charge is 2.29. The van der Waals surface area contributed by atoms with Crippen molar-refractivity contribution in [1.29, 1.82) is 0 Å². The maximum atomic E-state index is 11.1. The van der Waals surface area contributed by atoms with Crippen LogP contribution in [0.15, 0.2) is 12.1 Å². The van der Waals surface area contributed by atoms with E-state index in [4.69, 9.17) is 28.9 Å². The van der Waals surface area contributed by atoms with Crippen LogP contribution in [-0.2, 0) is 6.42 Å². The lowest BCUT2D eigenvalue weighted by Crippen LogP contribution is -2.47. The van der Waals surface area contributed by atoms with E-state index in [0.29, 0.717) is 17.1 Å². The summed E-state index contributed by atoms with van der Waals surface area (Å²) in [5.41, 5.74) is 7.75. The summed E-state index contributed by atoms with van der Waals surface area (Å²) in [4.78, 5) is 12.8.